The molecule has 0 unspecified atom stereocenters. The SMILES string of the molecule is On1cccn1.c1ccnnc1. The highest BCUT2D eigenvalue weighted by atomic mass is 16.5. The van der Waals surface area contributed by atoms with Gasteiger partial charge in [-0.2, -0.15) is 10.2 Å². The van der Waals surface area contributed by atoms with Crippen LogP contribution < -0.4 is 0 Å². The van der Waals surface area contributed by atoms with Crippen LogP contribution in [0.4, 0.5) is 0 Å². The maximum Gasteiger partial charge on any atom is 0.0664 e. The Morgan fingerprint density at radius 2 is 1.58 bits per heavy atom. The number of rotatable bonds is 0. The molecule has 0 fully saturated rings. The zero-order valence-electron chi connectivity index (χ0n) is 6.28. The highest BCUT2D eigenvalue weighted by molar-refractivity contribution is 4.79. The summed E-state index contributed by atoms with van der Waals surface area (Å²) in [6, 6.07) is 5.29. The highest BCUT2D eigenvalue weighted by Gasteiger charge is 1.71. The lowest BCUT2D eigenvalue weighted by Gasteiger charge is -1.76. The third-order valence-corrected chi connectivity index (χ3v) is 0.974. The minimum Gasteiger partial charge on any atom is -0.412 e. The molecular weight excluding hydrogens is 156 g/mol. The number of aromatic nitrogens is 4. The fraction of sp³-hybridized carbons (Fsp3) is 0. The van der Waals surface area contributed by atoms with E-state index in [4.69, 9.17) is 5.21 Å². The fourth-order valence-corrected chi connectivity index (χ4v) is 0.514. The average molecular weight is 164 g/mol. The monoisotopic (exact) mass is 164 g/mol. The predicted molar refractivity (Wildman–Crippen MR) is 41.4 cm³/mol. The second kappa shape index (κ2) is 4.84. The zero-order chi connectivity index (χ0) is 8.65. The molecule has 2 aromatic heterocycles. The molecule has 12 heavy (non-hydrogen) atoms. The Morgan fingerprint density at radius 1 is 0.917 bits per heavy atom. The summed E-state index contributed by atoms with van der Waals surface area (Å²) in [7, 11) is 0. The Hall–Kier alpha value is -1.91. The zero-order valence-corrected chi connectivity index (χ0v) is 6.28. The molecular formula is C7H8N4O. The van der Waals surface area contributed by atoms with Gasteiger partial charge in [-0.3, -0.25) is 0 Å². The summed E-state index contributed by atoms with van der Waals surface area (Å²) < 4.78 is 0. The van der Waals surface area contributed by atoms with Crippen molar-refractivity contribution >= 4 is 0 Å². The third-order valence-electron chi connectivity index (χ3n) is 0.974. The van der Waals surface area contributed by atoms with Crippen LogP contribution >= 0.6 is 0 Å². The molecule has 0 atom stereocenters. The van der Waals surface area contributed by atoms with E-state index in [9.17, 15) is 0 Å². The molecule has 0 aromatic carbocycles. The van der Waals surface area contributed by atoms with Crippen LogP contribution in [0.3, 0.4) is 0 Å². The molecule has 62 valence electrons. The lowest BCUT2D eigenvalue weighted by atomic mass is 10.6. The minimum atomic E-state index is 0.750. The van der Waals surface area contributed by atoms with Crippen molar-refractivity contribution in [3.05, 3.63) is 43.0 Å². The van der Waals surface area contributed by atoms with Crippen LogP contribution in [-0.2, 0) is 0 Å². The molecule has 0 aliphatic carbocycles. The van der Waals surface area contributed by atoms with Crippen LogP contribution in [0, 0.1) is 0 Å². The van der Waals surface area contributed by atoms with Crippen LogP contribution in [0.2, 0.25) is 0 Å². The van der Waals surface area contributed by atoms with Crippen molar-refractivity contribution in [1.29, 1.82) is 0 Å². The van der Waals surface area contributed by atoms with Crippen LogP contribution in [0.1, 0.15) is 0 Å². The molecule has 0 aliphatic heterocycles. The molecule has 2 aromatic rings. The highest BCUT2D eigenvalue weighted by Crippen LogP contribution is 1.72. The molecule has 2 rings (SSSR count). The summed E-state index contributed by atoms with van der Waals surface area (Å²) in [6.45, 7) is 0. The van der Waals surface area contributed by atoms with Crippen LogP contribution in [0.5, 0.6) is 0 Å². The van der Waals surface area contributed by atoms with Gasteiger partial charge in [-0.05, 0) is 18.2 Å². The molecule has 0 radical (unpaired) electrons. The van der Waals surface area contributed by atoms with E-state index in [2.05, 4.69) is 15.3 Å². The first-order valence-corrected chi connectivity index (χ1v) is 3.30. The van der Waals surface area contributed by atoms with E-state index in [0.717, 1.165) is 4.85 Å². The van der Waals surface area contributed by atoms with E-state index in [0.29, 0.717) is 0 Å². The second-order valence-electron chi connectivity index (χ2n) is 1.84. The van der Waals surface area contributed by atoms with Gasteiger partial charge in [0, 0.05) is 12.4 Å². The second-order valence-corrected chi connectivity index (χ2v) is 1.84. The molecule has 5 heteroatoms. The summed E-state index contributed by atoms with van der Waals surface area (Å²) in [5, 5.41) is 18.7. The maximum absolute atomic E-state index is 8.28. The van der Waals surface area contributed by atoms with Crippen LogP contribution in [0.15, 0.2) is 43.0 Å². The van der Waals surface area contributed by atoms with E-state index in [1.54, 1.807) is 18.5 Å². The van der Waals surface area contributed by atoms with Gasteiger partial charge in [0.2, 0.25) is 0 Å². The van der Waals surface area contributed by atoms with Gasteiger partial charge in [-0.1, -0.05) is 0 Å². The Bertz CT molecular complexity index is 255. The van der Waals surface area contributed by atoms with Crippen molar-refractivity contribution in [3.8, 4) is 0 Å². The first-order valence-electron chi connectivity index (χ1n) is 3.30. The van der Waals surface area contributed by atoms with Crippen LogP contribution in [0.25, 0.3) is 0 Å². The molecule has 0 saturated heterocycles. The van der Waals surface area contributed by atoms with Gasteiger partial charge < -0.3 is 5.21 Å². The van der Waals surface area contributed by atoms with Gasteiger partial charge in [0.1, 0.15) is 0 Å². The minimum absolute atomic E-state index is 0.750. The van der Waals surface area contributed by atoms with E-state index in [-0.39, 0.29) is 0 Å². The van der Waals surface area contributed by atoms with Crippen molar-refractivity contribution in [2.24, 2.45) is 0 Å². The summed E-state index contributed by atoms with van der Waals surface area (Å²) in [4.78, 5) is 0.750. The molecule has 0 spiro atoms. The van der Waals surface area contributed by atoms with Crippen molar-refractivity contribution in [2.75, 3.05) is 0 Å². The summed E-state index contributed by atoms with van der Waals surface area (Å²) in [5.74, 6) is 0. The standard InChI is InChI=1S/C4H4N2.C3H4N2O/c1-2-4-6-5-3-1;6-5-3-1-2-4-5/h1-4H;1-3,6H. The van der Waals surface area contributed by atoms with E-state index < -0.39 is 0 Å². The molecule has 0 aliphatic rings. The number of hydrogen-bond acceptors (Lipinski definition) is 4. The van der Waals surface area contributed by atoms with Gasteiger partial charge in [-0.15, -0.1) is 9.94 Å². The topological polar surface area (TPSA) is 63.8 Å². The van der Waals surface area contributed by atoms with E-state index in [1.165, 1.54) is 12.4 Å². The molecule has 0 saturated carbocycles. The van der Waals surface area contributed by atoms with Crippen molar-refractivity contribution in [3.63, 3.8) is 0 Å². The largest absolute Gasteiger partial charge is 0.412 e. The van der Waals surface area contributed by atoms with E-state index in [1.807, 2.05) is 12.1 Å². The fourth-order valence-electron chi connectivity index (χ4n) is 0.514. The summed E-state index contributed by atoms with van der Waals surface area (Å²) >= 11 is 0. The molecule has 1 N–H and O–H groups in total. The Kier molecular flexibility index (Phi) is 3.30. The van der Waals surface area contributed by atoms with Crippen molar-refractivity contribution in [2.45, 2.75) is 0 Å². The number of hydrogen-bond donors (Lipinski definition) is 1. The predicted octanol–water partition coefficient (Wildman–Crippen LogP) is 0.597. The van der Waals surface area contributed by atoms with Gasteiger partial charge in [0.15, 0.2) is 0 Å². The Morgan fingerprint density at radius 3 is 1.75 bits per heavy atom. The molecule has 0 bridgehead atoms. The van der Waals surface area contributed by atoms with Crippen molar-refractivity contribution < 1.29 is 5.21 Å². The first-order chi connectivity index (χ1) is 5.89. The van der Waals surface area contributed by atoms with Crippen LogP contribution in [-0.4, -0.2) is 25.3 Å². The third kappa shape index (κ3) is 3.31. The molecule has 0 amide bonds. The van der Waals surface area contributed by atoms with Gasteiger partial charge in [-0.25, -0.2) is 0 Å². The maximum atomic E-state index is 8.28. The first kappa shape index (κ1) is 8.19. The Balaban J connectivity index is 0.000000120. The van der Waals surface area contributed by atoms with Gasteiger partial charge in [0.05, 0.1) is 12.4 Å². The summed E-state index contributed by atoms with van der Waals surface area (Å²) in [5.41, 5.74) is 0. The van der Waals surface area contributed by atoms with Gasteiger partial charge >= 0.3 is 0 Å². The van der Waals surface area contributed by atoms with E-state index >= 15 is 0 Å². The smallest absolute Gasteiger partial charge is 0.0664 e. The number of nitrogens with zero attached hydrogens (tertiary/aromatic N) is 4. The van der Waals surface area contributed by atoms with Gasteiger partial charge in [0.25, 0.3) is 0 Å². The van der Waals surface area contributed by atoms with Crippen molar-refractivity contribution in [1.82, 2.24) is 20.1 Å². The normalized spacial score (nSPS) is 8.33. The lowest BCUT2D eigenvalue weighted by molar-refractivity contribution is 0.149. The Labute approximate surface area is 69.3 Å². The average Bonchev–Trinajstić information content (AvgIpc) is 2.60. The molecule has 2 heterocycles. The summed E-state index contributed by atoms with van der Waals surface area (Å²) in [6.07, 6.45) is 6.22. The molecule has 5 nitrogen and oxygen atoms in total. The quantitative estimate of drug-likeness (QED) is 0.579. The lowest BCUT2D eigenvalue weighted by Crippen LogP contribution is -1.86.